The Labute approximate surface area is 150 Å². The summed E-state index contributed by atoms with van der Waals surface area (Å²) < 4.78 is 36.2. The Morgan fingerprint density at radius 1 is 1.58 bits per heavy atom. The fourth-order valence-corrected chi connectivity index (χ4v) is 3.23. The first-order chi connectivity index (χ1) is 12.1. The Morgan fingerprint density at radius 3 is 2.88 bits per heavy atom. The summed E-state index contributed by atoms with van der Waals surface area (Å²) in [5, 5.41) is 10.6. The highest BCUT2D eigenvalue weighted by Gasteiger charge is 2.56. The molecule has 1 fully saturated rings. The quantitative estimate of drug-likeness (QED) is 0.322. The van der Waals surface area contributed by atoms with Gasteiger partial charge in [-0.3, -0.25) is 9.09 Å². The summed E-state index contributed by atoms with van der Waals surface area (Å²) in [6.07, 6.45) is -4.32. The first-order valence-corrected chi connectivity index (χ1v) is 9.03. The minimum Gasteiger partial charge on any atom is -0.385 e. The summed E-state index contributed by atoms with van der Waals surface area (Å²) >= 11 is 5.99. The molecule has 4 atom stereocenters. The second-order valence-electron chi connectivity index (χ2n) is 5.45. The zero-order valence-corrected chi connectivity index (χ0v) is 14.8. The van der Waals surface area contributed by atoms with Gasteiger partial charge in [0, 0.05) is 7.05 Å². The maximum Gasteiger partial charge on any atom is 0.469 e. The maximum absolute atomic E-state index is 14.6. The van der Waals surface area contributed by atoms with Gasteiger partial charge in [0.1, 0.15) is 12.7 Å². The molecule has 1 aliphatic heterocycles. The van der Waals surface area contributed by atoms with Crippen LogP contribution in [-0.2, 0) is 13.8 Å². The molecular formula is C11H15ClFN6O6P. The molecule has 144 valence electrons. The number of aromatic nitrogens is 4. The number of anilines is 2. The molecule has 1 saturated heterocycles. The normalized spacial score (nSPS) is 29.4. The molecule has 0 aromatic carbocycles. The summed E-state index contributed by atoms with van der Waals surface area (Å²) in [6.45, 7) is -0.956. The molecule has 0 aliphatic carbocycles. The Bertz CT molecular complexity index is 880. The lowest BCUT2D eigenvalue weighted by Crippen LogP contribution is -2.40. The summed E-state index contributed by atoms with van der Waals surface area (Å²) in [7, 11) is -3.33. The van der Waals surface area contributed by atoms with Crippen molar-refractivity contribution in [1.29, 1.82) is 0 Å². The number of nitrogens with one attached hydrogen (secondary N) is 1. The Balaban J connectivity index is 1.96. The molecule has 12 nitrogen and oxygen atoms in total. The number of nitrogens with two attached hydrogens (primary N) is 1. The molecule has 0 spiro atoms. The second-order valence-corrected chi connectivity index (χ2v) is 7.33. The number of imidazole rings is 1. The minimum atomic E-state index is -4.91. The third-order valence-corrected chi connectivity index (χ3v) is 4.60. The molecule has 15 heteroatoms. The van der Waals surface area contributed by atoms with Crippen LogP contribution in [0.5, 0.6) is 0 Å². The van der Waals surface area contributed by atoms with Gasteiger partial charge < -0.3 is 30.7 Å². The zero-order valence-electron chi connectivity index (χ0n) is 13.2. The van der Waals surface area contributed by atoms with Crippen molar-refractivity contribution in [3.05, 3.63) is 6.33 Å². The average Bonchev–Trinajstić information content (AvgIpc) is 3.07. The number of hydrogen-bond donors (Lipinski definition) is 5. The van der Waals surface area contributed by atoms with E-state index in [1.54, 1.807) is 7.05 Å². The van der Waals surface area contributed by atoms with E-state index in [-0.39, 0.29) is 17.1 Å². The van der Waals surface area contributed by atoms with Gasteiger partial charge in [0.05, 0.1) is 6.33 Å². The van der Waals surface area contributed by atoms with E-state index in [9.17, 15) is 14.1 Å². The number of aliphatic hydroxyl groups excluding tert-OH is 1. The molecule has 0 amide bonds. The van der Waals surface area contributed by atoms with E-state index in [2.05, 4.69) is 24.8 Å². The number of ether oxygens (including phenoxy) is 1. The molecule has 26 heavy (non-hydrogen) atoms. The van der Waals surface area contributed by atoms with Gasteiger partial charge in [-0.2, -0.15) is 9.97 Å². The molecule has 3 heterocycles. The Morgan fingerprint density at radius 2 is 2.27 bits per heavy atom. The molecule has 2 aromatic heterocycles. The van der Waals surface area contributed by atoms with Crippen LogP contribution in [0.4, 0.5) is 16.2 Å². The number of halogens is 2. The van der Waals surface area contributed by atoms with Crippen LogP contribution in [0, 0.1) is 0 Å². The SMILES string of the molecule is CNc1nc(N)nc2c1ncn2[C@@H]1O[C@](Cl)(COP(=O)(O)O)[C@@H](O)[C@@H]1F. The van der Waals surface area contributed by atoms with E-state index < -0.39 is 38.0 Å². The minimum absolute atomic E-state index is 0.110. The summed E-state index contributed by atoms with van der Waals surface area (Å²) in [4.78, 5) is 29.5. The summed E-state index contributed by atoms with van der Waals surface area (Å²) in [6, 6.07) is 0. The first kappa shape index (κ1) is 19.2. The van der Waals surface area contributed by atoms with Crippen LogP contribution in [0.2, 0.25) is 0 Å². The third kappa shape index (κ3) is 3.34. The number of hydrogen-bond acceptors (Lipinski definition) is 9. The molecule has 1 aliphatic rings. The van der Waals surface area contributed by atoms with Gasteiger partial charge in [0.15, 0.2) is 34.4 Å². The molecule has 0 bridgehead atoms. The van der Waals surface area contributed by atoms with Crippen molar-refractivity contribution in [3.8, 4) is 0 Å². The van der Waals surface area contributed by atoms with Gasteiger partial charge in [-0.1, -0.05) is 11.6 Å². The molecule has 6 N–H and O–H groups in total. The monoisotopic (exact) mass is 412 g/mol. The summed E-state index contributed by atoms with van der Waals surface area (Å²) in [5.74, 6) is 0.182. The van der Waals surface area contributed by atoms with Crippen LogP contribution in [0.15, 0.2) is 6.33 Å². The van der Waals surface area contributed by atoms with E-state index in [1.165, 1.54) is 6.33 Å². The van der Waals surface area contributed by atoms with Crippen LogP contribution in [0.3, 0.4) is 0 Å². The van der Waals surface area contributed by atoms with E-state index in [1.807, 2.05) is 0 Å². The predicted octanol–water partition coefficient (Wildman–Crippen LogP) is -0.278. The highest BCUT2D eigenvalue weighted by Crippen LogP contribution is 2.46. The number of nitrogens with zero attached hydrogens (tertiary/aromatic N) is 4. The Hall–Kier alpha value is -1.60. The fraction of sp³-hybridized carbons (Fsp3) is 0.545. The second kappa shape index (κ2) is 6.53. The number of nitrogen functional groups attached to an aromatic ring is 1. The van der Waals surface area contributed by atoms with E-state index in [4.69, 9.17) is 31.9 Å². The van der Waals surface area contributed by atoms with Crippen molar-refractivity contribution in [2.45, 2.75) is 23.6 Å². The number of fused-ring (bicyclic) bond motifs is 1. The molecule has 0 unspecified atom stereocenters. The van der Waals surface area contributed by atoms with Crippen molar-refractivity contribution in [2.75, 3.05) is 24.7 Å². The van der Waals surface area contributed by atoms with E-state index in [0.717, 1.165) is 4.57 Å². The molecule has 2 aromatic rings. The molecular weight excluding hydrogens is 398 g/mol. The standard InChI is InChI=1S/C11H15ClFN6O6P/c1-15-7-5-8(18-10(14)17-7)19(3-16-5)9-4(13)6(20)11(12,25-9)2-24-26(21,22)23/h3-4,6,9,20H,2H2,1H3,(H2,21,22,23)(H3,14,15,17,18)/t4-,6-,9+,11+/m0/s1. The van der Waals surface area contributed by atoms with Gasteiger partial charge in [-0.05, 0) is 0 Å². The van der Waals surface area contributed by atoms with Crippen molar-refractivity contribution in [3.63, 3.8) is 0 Å². The van der Waals surface area contributed by atoms with Gasteiger partial charge in [0.2, 0.25) is 5.95 Å². The van der Waals surface area contributed by atoms with Crippen LogP contribution in [0.25, 0.3) is 11.2 Å². The van der Waals surface area contributed by atoms with Crippen molar-refractivity contribution < 1.29 is 33.1 Å². The van der Waals surface area contributed by atoms with Gasteiger partial charge >= 0.3 is 7.82 Å². The molecule has 0 saturated carbocycles. The topological polar surface area (TPSA) is 178 Å². The van der Waals surface area contributed by atoms with Crippen molar-refractivity contribution >= 4 is 42.4 Å². The lowest BCUT2D eigenvalue weighted by molar-refractivity contribution is -0.0724. The average molecular weight is 413 g/mol. The number of rotatable bonds is 5. The fourth-order valence-electron chi connectivity index (χ4n) is 2.52. The van der Waals surface area contributed by atoms with Crippen LogP contribution in [-0.4, -0.2) is 65.4 Å². The maximum atomic E-state index is 14.6. The predicted molar refractivity (Wildman–Crippen MR) is 86.9 cm³/mol. The van der Waals surface area contributed by atoms with E-state index >= 15 is 0 Å². The Kier molecular flexibility index (Phi) is 4.82. The van der Waals surface area contributed by atoms with Gasteiger partial charge in [-0.15, -0.1) is 0 Å². The summed E-state index contributed by atoms with van der Waals surface area (Å²) in [5.41, 5.74) is 6.00. The number of alkyl halides is 2. The lowest BCUT2D eigenvalue weighted by atomic mass is 10.1. The highest BCUT2D eigenvalue weighted by atomic mass is 35.5. The number of phosphoric ester groups is 1. The van der Waals surface area contributed by atoms with Crippen LogP contribution in [0.1, 0.15) is 6.23 Å². The molecule has 3 rings (SSSR count). The highest BCUT2D eigenvalue weighted by molar-refractivity contribution is 7.46. The smallest absolute Gasteiger partial charge is 0.385 e. The largest absolute Gasteiger partial charge is 0.469 e. The van der Waals surface area contributed by atoms with Crippen LogP contribution >= 0.6 is 19.4 Å². The van der Waals surface area contributed by atoms with Gasteiger partial charge in [0.25, 0.3) is 0 Å². The number of aliphatic hydroxyl groups is 1. The van der Waals surface area contributed by atoms with Gasteiger partial charge in [-0.25, -0.2) is 13.9 Å². The van der Waals surface area contributed by atoms with Crippen molar-refractivity contribution in [1.82, 2.24) is 19.5 Å². The van der Waals surface area contributed by atoms with Crippen molar-refractivity contribution in [2.24, 2.45) is 0 Å². The van der Waals surface area contributed by atoms with E-state index in [0.29, 0.717) is 5.82 Å². The van der Waals surface area contributed by atoms with Crippen LogP contribution < -0.4 is 11.1 Å². The lowest BCUT2D eigenvalue weighted by Gasteiger charge is -2.24. The zero-order chi connectivity index (χ0) is 19.3. The third-order valence-electron chi connectivity index (χ3n) is 3.71. The molecule has 0 radical (unpaired) electrons. The first-order valence-electron chi connectivity index (χ1n) is 7.12. The number of phosphoric acid groups is 1.